The number of hydrogen-bond donors (Lipinski definition) is 0. The zero-order valence-corrected chi connectivity index (χ0v) is 9.61. The lowest BCUT2D eigenvalue weighted by Crippen LogP contribution is -2.32. The Kier molecular flexibility index (Phi) is 2.95. The van der Waals surface area contributed by atoms with Crippen molar-refractivity contribution in [2.45, 2.75) is 20.3 Å². The first-order valence-electron chi connectivity index (χ1n) is 5.70. The van der Waals surface area contributed by atoms with Gasteiger partial charge in [0.1, 0.15) is 5.82 Å². The highest BCUT2D eigenvalue weighted by atomic mass is 19.1. The molecule has 0 aromatic heterocycles. The molecule has 16 heavy (non-hydrogen) atoms. The Morgan fingerprint density at radius 3 is 2.44 bits per heavy atom. The summed E-state index contributed by atoms with van der Waals surface area (Å²) in [6, 6.07) is 6.09. The molecule has 2 nitrogen and oxygen atoms in total. The van der Waals surface area contributed by atoms with Crippen LogP contribution in [0, 0.1) is 17.7 Å². The van der Waals surface area contributed by atoms with E-state index in [4.69, 9.17) is 0 Å². The zero-order valence-electron chi connectivity index (χ0n) is 9.61. The van der Waals surface area contributed by atoms with Crippen LogP contribution in [0.5, 0.6) is 0 Å². The van der Waals surface area contributed by atoms with Crippen molar-refractivity contribution in [2.24, 2.45) is 11.8 Å². The second-order valence-corrected chi connectivity index (χ2v) is 4.38. The lowest BCUT2D eigenvalue weighted by molar-refractivity contribution is -0.120. The predicted molar refractivity (Wildman–Crippen MR) is 61.7 cm³/mol. The van der Waals surface area contributed by atoms with E-state index >= 15 is 0 Å². The largest absolute Gasteiger partial charge is 0.312 e. The Balaban J connectivity index is 2.15. The third-order valence-electron chi connectivity index (χ3n) is 3.15. The molecular weight excluding hydrogens is 205 g/mol. The Hall–Kier alpha value is -1.38. The van der Waals surface area contributed by atoms with E-state index in [1.165, 1.54) is 12.1 Å². The van der Waals surface area contributed by atoms with Gasteiger partial charge in [-0.1, -0.05) is 6.92 Å². The highest BCUT2D eigenvalue weighted by molar-refractivity contribution is 5.96. The van der Waals surface area contributed by atoms with Crippen LogP contribution in [-0.2, 0) is 4.79 Å². The minimum absolute atomic E-state index is 0.168. The molecule has 0 aliphatic heterocycles. The number of nitrogens with zero attached hydrogens (tertiary/aromatic N) is 1. The molecule has 0 heterocycles. The molecule has 86 valence electrons. The van der Waals surface area contributed by atoms with Gasteiger partial charge in [-0.15, -0.1) is 0 Å². The Bertz CT molecular complexity index is 387. The summed E-state index contributed by atoms with van der Waals surface area (Å²) >= 11 is 0. The van der Waals surface area contributed by atoms with Crippen LogP contribution in [0.4, 0.5) is 10.1 Å². The summed E-state index contributed by atoms with van der Waals surface area (Å²) in [5.74, 6) is 0.570. The maximum absolute atomic E-state index is 12.8. The molecule has 2 atom stereocenters. The SMILES string of the molecule is CCN(C(=O)[C@@H]1C[C@H]1C)c1ccc(F)cc1. The number of anilines is 1. The van der Waals surface area contributed by atoms with Crippen molar-refractivity contribution in [3.05, 3.63) is 30.1 Å². The summed E-state index contributed by atoms with van der Waals surface area (Å²) in [4.78, 5) is 13.8. The molecule has 0 N–H and O–H groups in total. The van der Waals surface area contributed by atoms with Crippen LogP contribution in [0.25, 0.3) is 0 Å². The Labute approximate surface area is 95.1 Å². The molecule has 1 aromatic rings. The lowest BCUT2D eigenvalue weighted by Gasteiger charge is -2.21. The van der Waals surface area contributed by atoms with Crippen molar-refractivity contribution in [1.29, 1.82) is 0 Å². The third kappa shape index (κ3) is 2.08. The average Bonchev–Trinajstić information content (AvgIpc) is 2.99. The van der Waals surface area contributed by atoms with Gasteiger partial charge in [0.05, 0.1) is 0 Å². The summed E-state index contributed by atoms with van der Waals surface area (Å²) in [5.41, 5.74) is 0.785. The number of carbonyl (C=O) groups is 1. The Morgan fingerprint density at radius 2 is 2.00 bits per heavy atom. The monoisotopic (exact) mass is 221 g/mol. The molecule has 1 saturated carbocycles. The molecule has 0 radical (unpaired) electrons. The molecule has 1 aliphatic carbocycles. The van der Waals surface area contributed by atoms with Crippen molar-refractivity contribution >= 4 is 11.6 Å². The summed E-state index contributed by atoms with van der Waals surface area (Å²) < 4.78 is 12.8. The normalized spacial score (nSPS) is 22.9. The summed E-state index contributed by atoms with van der Waals surface area (Å²) in [7, 11) is 0. The van der Waals surface area contributed by atoms with Crippen molar-refractivity contribution < 1.29 is 9.18 Å². The predicted octanol–water partition coefficient (Wildman–Crippen LogP) is 2.83. The second kappa shape index (κ2) is 4.24. The maximum atomic E-state index is 12.8. The number of halogens is 1. The van der Waals surface area contributed by atoms with Crippen LogP contribution >= 0.6 is 0 Å². The van der Waals surface area contributed by atoms with Crippen LogP contribution in [-0.4, -0.2) is 12.5 Å². The molecule has 2 rings (SSSR count). The highest BCUT2D eigenvalue weighted by Gasteiger charge is 2.41. The third-order valence-corrected chi connectivity index (χ3v) is 3.15. The molecule has 1 aromatic carbocycles. The number of rotatable bonds is 3. The van der Waals surface area contributed by atoms with Gasteiger partial charge in [0.25, 0.3) is 0 Å². The summed E-state index contributed by atoms with van der Waals surface area (Å²) in [6.07, 6.45) is 0.983. The molecule has 1 fully saturated rings. The minimum atomic E-state index is -0.271. The van der Waals surface area contributed by atoms with E-state index in [1.54, 1.807) is 17.0 Å². The highest BCUT2D eigenvalue weighted by Crippen LogP contribution is 2.39. The molecule has 0 saturated heterocycles. The lowest BCUT2D eigenvalue weighted by atomic mass is 10.2. The standard InChI is InChI=1S/C13H16FNO/c1-3-15(13(16)12-8-9(12)2)11-6-4-10(14)5-7-11/h4-7,9,12H,3,8H2,1-2H3/t9-,12-/m1/s1. The van der Waals surface area contributed by atoms with Gasteiger partial charge in [0.15, 0.2) is 0 Å². The van der Waals surface area contributed by atoms with Gasteiger partial charge in [-0.25, -0.2) is 4.39 Å². The van der Waals surface area contributed by atoms with Gasteiger partial charge >= 0.3 is 0 Å². The topological polar surface area (TPSA) is 20.3 Å². The van der Waals surface area contributed by atoms with Crippen LogP contribution in [0.3, 0.4) is 0 Å². The van der Waals surface area contributed by atoms with Crippen molar-refractivity contribution in [3.8, 4) is 0 Å². The van der Waals surface area contributed by atoms with Crippen molar-refractivity contribution in [1.82, 2.24) is 0 Å². The first kappa shape index (κ1) is 11.1. The van der Waals surface area contributed by atoms with Gasteiger partial charge in [0, 0.05) is 18.2 Å². The Morgan fingerprint density at radius 1 is 1.44 bits per heavy atom. The second-order valence-electron chi connectivity index (χ2n) is 4.38. The molecule has 0 unspecified atom stereocenters. The molecule has 0 spiro atoms. The maximum Gasteiger partial charge on any atom is 0.230 e. The van der Waals surface area contributed by atoms with Gasteiger partial charge in [0.2, 0.25) is 5.91 Å². The van der Waals surface area contributed by atoms with Crippen LogP contribution in [0.2, 0.25) is 0 Å². The van der Waals surface area contributed by atoms with Gasteiger partial charge < -0.3 is 4.90 Å². The number of hydrogen-bond acceptors (Lipinski definition) is 1. The number of carbonyl (C=O) groups excluding carboxylic acids is 1. The van der Waals surface area contributed by atoms with E-state index in [2.05, 4.69) is 6.92 Å². The summed E-state index contributed by atoms with van der Waals surface area (Å²) in [5, 5.41) is 0. The molecule has 1 aliphatic rings. The molecular formula is C13H16FNO. The number of amides is 1. The first-order chi connectivity index (χ1) is 7.63. The van der Waals surface area contributed by atoms with Crippen molar-refractivity contribution in [3.63, 3.8) is 0 Å². The fourth-order valence-corrected chi connectivity index (χ4v) is 1.95. The van der Waals surface area contributed by atoms with E-state index in [-0.39, 0.29) is 17.6 Å². The van der Waals surface area contributed by atoms with E-state index < -0.39 is 0 Å². The van der Waals surface area contributed by atoms with E-state index in [0.29, 0.717) is 12.5 Å². The van der Waals surface area contributed by atoms with Crippen LogP contribution < -0.4 is 4.90 Å². The smallest absolute Gasteiger partial charge is 0.230 e. The summed E-state index contributed by atoms with van der Waals surface area (Å²) in [6.45, 7) is 4.66. The molecule has 3 heteroatoms. The fourth-order valence-electron chi connectivity index (χ4n) is 1.95. The minimum Gasteiger partial charge on any atom is -0.312 e. The van der Waals surface area contributed by atoms with Gasteiger partial charge in [-0.3, -0.25) is 4.79 Å². The quantitative estimate of drug-likeness (QED) is 0.768. The average molecular weight is 221 g/mol. The fraction of sp³-hybridized carbons (Fsp3) is 0.462. The first-order valence-corrected chi connectivity index (χ1v) is 5.70. The zero-order chi connectivity index (χ0) is 11.7. The van der Waals surface area contributed by atoms with E-state index in [1.807, 2.05) is 6.92 Å². The van der Waals surface area contributed by atoms with Gasteiger partial charge in [-0.2, -0.15) is 0 Å². The van der Waals surface area contributed by atoms with E-state index in [9.17, 15) is 9.18 Å². The van der Waals surface area contributed by atoms with Gasteiger partial charge in [-0.05, 0) is 43.5 Å². The molecule has 1 amide bonds. The van der Waals surface area contributed by atoms with Crippen LogP contribution in [0.1, 0.15) is 20.3 Å². The van der Waals surface area contributed by atoms with E-state index in [0.717, 1.165) is 12.1 Å². The molecule has 0 bridgehead atoms. The number of benzene rings is 1. The van der Waals surface area contributed by atoms with Crippen LogP contribution in [0.15, 0.2) is 24.3 Å². The van der Waals surface area contributed by atoms with Crippen molar-refractivity contribution in [2.75, 3.05) is 11.4 Å².